The largest absolute Gasteiger partial charge is 2.00 e. The van der Waals surface area contributed by atoms with E-state index in [0.29, 0.717) is 0 Å². The molecule has 0 fully saturated rings. The Labute approximate surface area is 542 Å². The fourth-order valence-corrected chi connectivity index (χ4v) is 12.5. The predicted octanol–water partition coefficient (Wildman–Crippen LogP) is 29.2. The normalized spacial score (nSPS) is 12.2. The molecule has 0 saturated carbocycles. The van der Waals surface area contributed by atoms with Crippen molar-refractivity contribution in [1.29, 1.82) is 0 Å². The summed E-state index contributed by atoms with van der Waals surface area (Å²) in [5, 5.41) is 0. The number of hydrogen-bond donors (Lipinski definition) is 0. The molecule has 3 rings (SSSR count). The molecule has 2 nitrogen and oxygen atoms in total. The Hall–Kier alpha value is -1.82. The molecule has 0 spiro atoms. The summed E-state index contributed by atoms with van der Waals surface area (Å²) in [6.07, 6.45) is 78.5. The molecule has 1 aliphatic heterocycles. The first kappa shape index (κ1) is 82.2. The molecule has 3 heteroatoms. The SMILES string of the molecule is CCCCCCCCC1=C(c2cccc(CC)c2)[N+](=[N-])C(c2cccc(CCCCC)c2)=C1CCCC.[CH2-]CCCCCCCCCCCCCCCCCCCCCC.[CH2-]CCCCCCCCCCCCCCCCCCCCCC.[Pd+2]. The maximum Gasteiger partial charge on any atom is 2.00 e. The average molecular weight is 1250 g/mol. The van der Waals surface area contributed by atoms with Crippen LogP contribution >= 0.6 is 0 Å². The van der Waals surface area contributed by atoms with Gasteiger partial charge in [-0.25, -0.2) is 4.70 Å². The summed E-state index contributed by atoms with van der Waals surface area (Å²) in [5.41, 5.74) is 21.6. The van der Waals surface area contributed by atoms with Crippen molar-refractivity contribution in [1.82, 2.24) is 0 Å². The maximum atomic E-state index is 11.9. The van der Waals surface area contributed by atoms with Crippen LogP contribution in [0.5, 0.6) is 0 Å². The Kier molecular flexibility index (Phi) is 62.8. The maximum absolute atomic E-state index is 11.9. The summed E-state index contributed by atoms with van der Waals surface area (Å²) in [7, 11) is 0. The van der Waals surface area contributed by atoms with Crippen LogP contribution in [-0.4, -0.2) is 4.70 Å². The van der Waals surface area contributed by atoms with Gasteiger partial charge in [0.05, 0.1) is 0 Å². The molecule has 1 heterocycles. The summed E-state index contributed by atoms with van der Waals surface area (Å²) in [6, 6.07) is 17.8. The summed E-state index contributed by atoms with van der Waals surface area (Å²) < 4.78 is 1.55. The smallest absolute Gasteiger partial charge is 0.493 e. The Morgan fingerprint density at radius 3 is 0.821 bits per heavy atom. The standard InChI is InChI=1S/C35H50N2.2C23H47.Pd/c1-5-9-12-13-14-16-25-33-32(24-11-7-3)35(31-23-18-21-29(27-31)19-15-10-6-2)37(36)34(33)30-22-17-20-28(8-4)26-30;2*1-3-5-7-9-11-13-15-17-19-21-23-22-20-18-16-14-12-10-8-6-4-2;/h17-18,20-23,26-27H,5-16,19,24-25H2,1-4H3;2*1,3-23H2,2H3;/q;2*-1;+2. The fourth-order valence-electron chi connectivity index (χ4n) is 12.5. The summed E-state index contributed by atoms with van der Waals surface area (Å²) in [5.74, 6) is 0. The second-order valence-corrected chi connectivity index (χ2v) is 25.9. The Balaban J connectivity index is 0.00000129. The first-order valence-electron chi connectivity index (χ1n) is 37.7. The molecule has 84 heavy (non-hydrogen) atoms. The van der Waals surface area contributed by atoms with Crippen LogP contribution in [0, 0.1) is 13.8 Å². The Bertz CT molecular complexity index is 1690. The van der Waals surface area contributed by atoms with Gasteiger partial charge in [-0.3, -0.25) is 0 Å². The topological polar surface area (TPSA) is 25.3 Å². The monoisotopic (exact) mass is 1250 g/mol. The number of hydrogen-bond acceptors (Lipinski definition) is 0. The van der Waals surface area contributed by atoms with Crippen LogP contribution in [0.15, 0.2) is 59.7 Å². The van der Waals surface area contributed by atoms with Gasteiger partial charge < -0.3 is 19.4 Å². The van der Waals surface area contributed by atoms with Crippen molar-refractivity contribution < 1.29 is 25.1 Å². The van der Waals surface area contributed by atoms with Gasteiger partial charge in [0.25, 0.3) is 0 Å². The second kappa shape index (κ2) is 64.2. The predicted molar refractivity (Wildman–Crippen MR) is 376 cm³/mol. The minimum Gasteiger partial charge on any atom is -0.493 e. The molecule has 0 N–H and O–H groups in total. The number of unbranched alkanes of at least 4 members (excludes halogenated alkanes) is 48. The van der Waals surface area contributed by atoms with Gasteiger partial charge in [-0.2, -0.15) is 12.8 Å². The van der Waals surface area contributed by atoms with Crippen molar-refractivity contribution in [3.05, 3.63) is 101 Å². The zero-order valence-electron chi connectivity index (χ0n) is 57.5. The van der Waals surface area contributed by atoms with Crippen LogP contribution in [0.25, 0.3) is 16.9 Å². The zero-order chi connectivity index (χ0) is 60.2. The molecule has 0 aromatic heterocycles. The second-order valence-electron chi connectivity index (χ2n) is 25.9. The molecule has 0 amide bonds. The van der Waals surface area contributed by atoms with Gasteiger partial charge in [0.1, 0.15) is 0 Å². The van der Waals surface area contributed by atoms with Crippen LogP contribution in [0.1, 0.15) is 417 Å². The molecule has 0 bridgehead atoms. The van der Waals surface area contributed by atoms with E-state index in [4.69, 9.17) is 0 Å². The third-order valence-electron chi connectivity index (χ3n) is 18.0. The molecule has 0 aliphatic carbocycles. The van der Waals surface area contributed by atoms with Gasteiger partial charge in [-0.05, 0) is 80.3 Å². The van der Waals surface area contributed by atoms with E-state index in [2.05, 4.69) is 104 Å². The van der Waals surface area contributed by atoms with Crippen molar-refractivity contribution in [2.45, 2.75) is 408 Å². The first-order chi connectivity index (χ1) is 41.0. The molecule has 0 unspecified atom stereocenters. The van der Waals surface area contributed by atoms with E-state index in [1.807, 2.05) is 0 Å². The minimum atomic E-state index is 0. The van der Waals surface area contributed by atoms with Crippen molar-refractivity contribution in [3.63, 3.8) is 0 Å². The minimum absolute atomic E-state index is 0. The van der Waals surface area contributed by atoms with Gasteiger partial charge in [0.15, 0.2) is 0 Å². The molecule has 0 saturated heterocycles. The van der Waals surface area contributed by atoms with Crippen LogP contribution < -0.4 is 0 Å². The Morgan fingerprint density at radius 2 is 0.524 bits per heavy atom. The van der Waals surface area contributed by atoms with Crippen molar-refractivity contribution in [3.8, 4) is 0 Å². The summed E-state index contributed by atoms with van der Waals surface area (Å²) in [4.78, 5) is 0. The van der Waals surface area contributed by atoms with E-state index in [9.17, 15) is 5.53 Å². The summed E-state index contributed by atoms with van der Waals surface area (Å²) >= 11 is 0. The number of allylic oxidation sites excluding steroid dienone is 2. The average Bonchev–Trinajstić information content (AvgIpc) is 2.04. The number of rotatable bonds is 57. The molecule has 2 aromatic carbocycles. The van der Waals surface area contributed by atoms with E-state index >= 15 is 0 Å². The van der Waals surface area contributed by atoms with Crippen molar-refractivity contribution >= 4 is 11.4 Å². The third kappa shape index (κ3) is 45.4. The van der Waals surface area contributed by atoms with Crippen LogP contribution in [0.3, 0.4) is 0 Å². The van der Waals surface area contributed by atoms with E-state index < -0.39 is 0 Å². The van der Waals surface area contributed by atoms with Crippen LogP contribution in [0.2, 0.25) is 0 Å². The number of nitrogens with zero attached hydrogens (tertiary/aromatic N) is 2. The van der Waals surface area contributed by atoms with Gasteiger partial charge >= 0.3 is 20.4 Å². The van der Waals surface area contributed by atoms with E-state index in [0.717, 1.165) is 73.9 Å². The van der Waals surface area contributed by atoms with E-state index in [1.165, 1.54) is 337 Å². The van der Waals surface area contributed by atoms with Gasteiger partial charge in [0, 0.05) is 22.3 Å². The number of aryl methyl sites for hydroxylation is 2. The van der Waals surface area contributed by atoms with Gasteiger partial charge in [-0.15, -0.1) is 0 Å². The first-order valence-corrected chi connectivity index (χ1v) is 37.7. The molecular weight excluding hydrogens is 1110 g/mol. The molecule has 488 valence electrons. The molecule has 2 aromatic rings. The number of benzene rings is 2. The summed E-state index contributed by atoms with van der Waals surface area (Å²) in [6.45, 7) is 21.4. The zero-order valence-corrected chi connectivity index (χ0v) is 59.1. The van der Waals surface area contributed by atoms with Gasteiger partial charge in [0.2, 0.25) is 11.4 Å². The quantitative estimate of drug-likeness (QED) is 0.0273. The molecule has 1 aliphatic rings. The molecular formula is C81H144N2Pd. The van der Waals surface area contributed by atoms with Crippen molar-refractivity contribution in [2.75, 3.05) is 0 Å². The van der Waals surface area contributed by atoms with E-state index in [-0.39, 0.29) is 20.4 Å². The van der Waals surface area contributed by atoms with E-state index in [1.54, 1.807) is 4.70 Å². The van der Waals surface area contributed by atoms with Crippen LogP contribution in [0.4, 0.5) is 0 Å². The van der Waals surface area contributed by atoms with Gasteiger partial charge in [-0.1, -0.05) is 374 Å². The van der Waals surface area contributed by atoms with Crippen molar-refractivity contribution in [2.24, 2.45) is 0 Å². The van der Waals surface area contributed by atoms with Crippen LogP contribution in [-0.2, 0) is 33.3 Å². The Morgan fingerprint density at radius 1 is 0.286 bits per heavy atom. The third-order valence-corrected chi connectivity index (χ3v) is 18.0. The fraction of sp³-hybridized carbons (Fsp3) is 0.778. The molecule has 0 radical (unpaired) electrons. The molecule has 0 atom stereocenters.